The van der Waals surface area contributed by atoms with Crippen molar-refractivity contribution in [2.45, 2.75) is 0 Å². The van der Waals surface area contributed by atoms with Gasteiger partial charge in [-0.25, -0.2) is 0 Å². The topological polar surface area (TPSA) is 3.24 Å². The SMILES string of the molecule is c1ccc(-c2ccc(N(c3ccc(-c4ccccc4)cc3)c3ccc(-c4cc5c6ccccc6ccc5c5ccccc45)cc3)cc2)cc1. The molecule has 0 amide bonds. The van der Waals surface area contributed by atoms with Crippen LogP contribution in [0, 0.1) is 0 Å². The maximum absolute atomic E-state index is 2.39. The Hall–Kier alpha value is -6.44. The van der Waals surface area contributed by atoms with Crippen molar-refractivity contribution in [1.29, 1.82) is 0 Å². The number of anilines is 3. The Bertz CT molecular complexity index is 2470. The van der Waals surface area contributed by atoms with Crippen LogP contribution in [-0.2, 0) is 0 Å². The van der Waals surface area contributed by atoms with E-state index in [4.69, 9.17) is 0 Å². The highest BCUT2D eigenvalue weighted by atomic mass is 15.1. The van der Waals surface area contributed by atoms with Crippen molar-refractivity contribution in [1.82, 2.24) is 0 Å². The molecule has 0 spiro atoms. The molecule has 0 N–H and O–H groups in total. The molecule has 0 aliphatic rings. The Morgan fingerprint density at radius 3 is 1.20 bits per heavy atom. The zero-order valence-electron chi connectivity index (χ0n) is 27.0. The summed E-state index contributed by atoms with van der Waals surface area (Å²) in [6, 6.07) is 72.4. The van der Waals surface area contributed by atoms with E-state index >= 15 is 0 Å². The van der Waals surface area contributed by atoms with Crippen LogP contribution in [0.2, 0.25) is 0 Å². The standard InChI is InChI=1S/C48H33N/c1-3-11-34(12-4-1)36-19-26-40(27-20-36)49(41-28-21-37(22-29-41)35-13-5-2-6-14-35)42-30-23-39(24-31-42)47-33-48-43-16-8-7-15-38(43)25-32-46(48)44-17-9-10-18-45(44)47/h1-33H. The predicted molar refractivity (Wildman–Crippen MR) is 210 cm³/mol. The fourth-order valence-electron chi connectivity index (χ4n) is 7.20. The molecular weight excluding hydrogens is 591 g/mol. The molecule has 0 bridgehead atoms. The molecule has 0 aliphatic carbocycles. The Morgan fingerprint density at radius 1 is 0.245 bits per heavy atom. The average molecular weight is 624 g/mol. The molecule has 0 aromatic heterocycles. The average Bonchev–Trinajstić information content (AvgIpc) is 3.19. The monoisotopic (exact) mass is 623 g/mol. The third-order valence-corrected chi connectivity index (χ3v) is 9.67. The van der Waals surface area contributed by atoms with E-state index in [1.54, 1.807) is 0 Å². The normalized spacial score (nSPS) is 11.3. The van der Waals surface area contributed by atoms with E-state index in [-0.39, 0.29) is 0 Å². The Labute approximate surface area is 287 Å². The van der Waals surface area contributed by atoms with Gasteiger partial charge in [-0.2, -0.15) is 0 Å². The second-order valence-corrected chi connectivity index (χ2v) is 12.6. The van der Waals surface area contributed by atoms with Crippen LogP contribution in [0.5, 0.6) is 0 Å². The maximum atomic E-state index is 2.39. The van der Waals surface area contributed by atoms with Crippen molar-refractivity contribution in [2.24, 2.45) is 0 Å². The first-order valence-corrected chi connectivity index (χ1v) is 16.8. The molecular formula is C48H33N. The molecule has 0 radical (unpaired) electrons. The maximum Gasteiger partial charge on any atom is 0.0462 e. The summed E-state index contributed by atoms with van der Waals surface area (Å²) in [5, 5.41) is 7.67. The third-order valence-electron chi connectivity index (χ3n) is 9.67. The van der Waals surface area contributed by atoms with Crippen molar-refractivity contribution in [3.63, 3.8) is 0 Å². The van der Waals surface area contributed by atoms with Crippen LogP contribution in [0.4, 0.5) is 17.1 Å². The zero-order valence-corrected chi connectivity index (χ0v) is 27.0. The van der Waals surface area contributed by atoms with Crippen molar-refractivity contribution in [3.8, 4) is 33.4 Å². The summed E-state index contributed by atoms with van der Waals surface area (Å²) in [5.74, 6) is 0. The lowest BCUT2D eigenvalue weighted by Gasteiger charge is -2.26. The minimum atomic E-state index is 1.11. The minimum absolute atomic E-state index is 1.11. The molecule has 230 valence electrons. The Kier molecular flexibility index (Phi) is 7.22. The molecule has 0 heterocycles. The van der Waals surface area contributed by atoms with Crippen LogP contribution in [-0.4, -0.2) is 0 Å². The first-order valence-electron chi connectivity index (χ1n) is 16.8. The molecule has 9 aromatic rings. The van der Waals surface area contributed by atoms with Gasteiger partial charge in [0.05, 0.1) is 0 Å². The van der Waals surface area contributed by atoms with Crippen molar-refractivity contribution in [2.75, 3.05) is 4.90 Å². The number of rotatable bonds is 6. The molecule has 9 rings (SSSR count). The third kappa shape index (κ3) is 5.32. The highest BCUT2D eigenvalue weighted by molar-refractivity contribution is 6.21. The van der Waals surface area contributed by atoms with Crippen LogP contribution in [0.15, 0.2) is 200 Å². The molecule has 0 saturated heterocycles. The van der Waals surface area contributed by atoms with Gasteiger partial charge in [-0.1, -0.05) is 158 Å². The lowest BCUT2D eigenvalue weighted by Crippen LogP contribution is -2.09. The number of hydrogen-bond donors (Lipinski definition) is 0. The highest BCUT2D eigenvalue weighted by Crippen LogP contribution is 2.41. The fraction of sp³-hybridized carbons (Fsp3) is 0. The van der Waals surface area contributed by atoms with Gasteiger partial charge in [0.25, 0.3) is 0 Å². The summed E-state index contributed by atoms with van der Waals surface area (Å²) in [7, 11) is 0. The van der Waals surface area contributed by atoms with Crippen molar-refractivity contribution < 1.29 is 0 Å². The summed E-state index contributed by atoms with van der Waals surface area (Å²) in [6.45, 7) is 0. The molecule has 1 heteroatoms. The molecule has 0 unspecified atom stereocenters. The highest BCUT2D eigenvalue weighted by Gasteiger charge is 2.15. The van der Waals surface area contributed by atoms with E-state index in [9.17, 15) is 0 Å². The summed E-state index contributed by atoms with van der Waals surface area (Å²) < 4.78 is 0. The summed E-state index contributed by atoms with van der Waals surface area (Å²) in [4.78, 5) is 2.35. The zero-order chi connectivity index (χ0) is 32.6. The Balaban J connectivity index is 1.15. The van der Waals surface area contributed by atoms with Crippen molar-refractivity contribution >= 4 is 49.4 Å². The lowest BCUT2D eigenvalue weighted by atomic mass is 9.91. The molecule has 0 fully saturated rings. The van der Waals surface area contributed by atoms with E-state index < -0.39 is 0 Å². The number of hydrogen-bond acceptors (Lipinski definition) is 1. The lowest BCUT2D eigenvalue weighted by molar-refractivity contribution is 1.28. The first kappa shape index (κ1) is 28.8. The molecule has 9 aromatic carbocycles. The molecule has 0 saturated carbocycles. The van der Waals surface area contributed by atoms with Crippen LogP contribution < -0.4 is 4.90 Å². The van der Waals surface area contributed by atoms with Gasteiger partial charge in [0.2, 0.25) is 0 Å². The van der Waals surface area contributed by atoms with Gasteiger partial charge in [0.1, 0.15) is 0 Å². The van der Waals surface area contributed by atoms with Gasteiger partial charge in [-0.05, 0) is 108 Å². The van der Waals surface area contributed by atoms with E-state index in [2.05, 4.69) is 205 Å². The second kappa shape index (κ2) is 12.3. The fourth-order valence-corrected chi connectivity index (χ4v) is 7.20. The predicted octanol–water partition coefficient (Wildman–Crippen LogP) is 13.6. The van der Waals surface area contributed by atoms with E-state index in [0.717, 1.165) is 17.1 Å². The second-order valence-electron chi connectivity index (χ2n) is 12.6. The first-order chi connectivity index (χ1) is 24.3. The van der Waals surface area contributed by atoms with Crippen LogP contribution in [0.1, 0.15) is 0 Å². The largest absolute Gasteiger partial charge is 0.311 e. The number of fused-ring (bicyclic) bond motifs is 5. The molecule has 49 heavy (non-hydrogen) atoms. The summed E-state index contributed by atoms with van der Waals surface area (Å²) >= 11 is 0. The van der Waals surface area contributed by atoms with E-state index in [1.807, 2.05) is 0 Å². The summed E-state index contributed by atoms with van der Waals surface area (Å²) in [5.41, 5.74) is 10.6. The van der Waals surface area contributed by atoms with Crippen molar-refractivity contribution in [3.05, 3.63) is 200 Å². The van der Waals surface area contributed by atoms with Gasteiger partial charge >= 0.3 is 0 Å². The van der Waals surface area contributed by atoms with Crippen LogP contribution in [0.25, 0.3) is 65.7 Å². The van der Waals surface area contributed by atoms with Gasteiger partial charge in [-0.3, -0.25) is 0 Å². The molecule has 1 nitrogen and oxygen atoms in total. The number of nitrogens with zero attached hydrogens (tertiary/aromatic N) is 1. The molecule has 0 aliphatic heterocycles. The summed E-state index contributed by atoms with van der Waals surface area (Å²) in [6.07, 6.45) is 0. The van der Waals surface area contributed by atoms with Gasteiger partial charge in [0.15, 0.2) is 0 Å². The quantitative estimate of drug-likeness (QED) is 0.167. The Morgan fingerprint density at radius 2 is 0.653 bits per heavy atom. The van der Waals surface area contributed by atoms with Gasteiger partial charge in [-0.15, -0.1) is 0 Å². The van der Waals surface area contributed by atoms with Crippen LogP contribution >= 0.6 is 0 Å². The van der Waals surface area contributed by atoms with E-state index in [1.165, 1.54) is 65.7 Å². The van der Waals surface area contributed by atoms with Crippen LogP contribution in [0.3, 0.4) is 0 Å². The minimum Gasteiger partial charge on any atom is -0.311 e. The van der Waals surface area contributed by atoms with E-state index in [0.29, 0.717) is 0 Å². The smallest absolute Gasteiger partial charge is 0.0462 e. The molecule has 0 atom stereocenters. The van der Waals surface area contributed by atoms with Gasteiger partial charge in [0, 0.05) is 17.1 Å². The van der Waals surface area contributed by atoms with Gasteiger partial charge < -0.3 is 4.90 Å². The number of benzene rings is 9.